The molecule has 1 aliphatic rings. The molecule has 0 saturated carbocycles. The number of ether oxygens (including phenoxy) is 1. The van der Waals surface area contributed by atoms with Crippen molar-refractivity contribution in [1.29, 1.82) is 0 Å². The molecule has 1 aromatic rings. The molecule has 8 heteroatoms. The highest BCUT2D eigenvalue weighted by Crippen LogP contribution is 2.38. The van der Waals surface area contributed by atoms with Gasteiger partial charge >= 0.3 is 12.3 Å². The number of carbonyl (C=O) groups is 1. The van der Waals surface area contributed by atoms with Crippen molar-refractivity contribution in [3.8, 4) is 0 Å². The summed E-state index contributed by atoms with van der Waals surface area (Å²) in [7, 11) is 0. The van der Waals surface area contributed by atoms with Gasteiger partial charge in [0.05, 0.1) is 5.56 Å². The van der Waals surface area contributed by atoms with Gasteiger partial charge in [0, 0.05) is 25.6 Å². The summed E-state index contributed by atoms with van der Waals surface area (Å²) < 4.78 is 57.6. The Hall–Kier alpha value is -1.83. The first-order valence-corrected chi connectivity index (χ1v) is 8.38. The number of halogens is 4. The van der Waals surface area contributed by atoms with Crippen LogP contribution < -0.4 is 0 Å². The zero-order valence-electron chi connectivity index (χ0n) is 14.9. The lowest BCUT2D eigenvalue weighted by Crippen LogP contribution is -2.46. The quantitative estimate of drug-likeness (QED) is 0.787. The third-order valence-corrected chi connectivity index (χ3v) is 4.34. The standard InChI is InChI=1S/C18H23F4NO3/c1-17(2,3)26-16(25)23-7-6-13(12(9-23)10-24)11-4-5-15(19)14(8-11)18(20,21)22/h4-5,8,12-13,24H,6-7,9-10H2,1-3H3. The molecule has 0 bridgehead atoms. The second-order valence-electron chi connectivity index (χ2n) is 7.50. The molecule has 146 valence electrons. The van der Waals surface area contributed by atoms with Crippen LogP contribution in [0.1, 0.15) is 44.2 Å². The van der Waals surface area contributed by atoms with Crippen LogP contribution in [0.5, 0.6) is 0 Å². The summed E-state index contributed by atoms with van der Waals surface area (Å²) in [5.74, 6) is -2.18. The number of alkyl halides is 3. The third kappa shape index (κ3) is 4.87. The minimum atomic E-state index is -4.79. The number of carbonyl (C=O) groups excluding carboxylic acids is 1. The van der Waals surface area contributed by atoms with Crippen LogP contribution in [0, 0.1) is 11.7 Å². The molecule has 1 aromatic carbocycles. The van der Waals surface area contributed by atoms with E-state index in [9.17, 15) is 27.5 Å². The highest BCUT2D eigenvalue weighted by molar-refractivity contribution is 5.68. The van der Waals surface area contributed by atoms with Crippen molar-refractivity contribution in [2.24, 2.45) is 5.92 Å². The van der Waals surface area contributed by atoms with E-state index < -0.39 is 41.1 Å². The summed E-state index contributed by atoms with van der Waals surface area (Å²) in [6.45, 7) is 5.35. The predicted molar refractivity (Wildman–Crippen MR) is 87.1 cm³/mol. The predicted octanol–water partition coefficient (Wildman–Crippen LogP) is 4.18. The average Bonchev–Trinajstić information content (AvgIpc) is 2.52. The van der Waals surface area contributed by atoms with Crippen LogP contribution in [0.15, 0.2) is 18.2 Å². The molecule has 1 fully saturated rings. The zero-order chi connectivity index (χ0) is 19.7. The minimum Gasteiger partial charge on any atom is -0.444 e. The number of likely N-dealkylation sites (tertiary alicyclic amines) is 1. The summed E-state index contributed by atoms with van der Waals surface area (Å²) in [5, 5.41) is 9.66. The van der Waals surface area contributed by atoms with Gasteiger partial charge in [-0.25, -0.2) is 9.18 Å². The molecule has 2 atom stereocenters. The SMILES string of the molecule is CC(C)(C)OC(=O)N1CCC(c2ccc(F)c(C(F)(F)F)c2)C(CO)C1. The number of hydrogen-bond donors (Lipinski definition) is 1. The molecule has 1 heterocycles. The Morgan fingerprint density at radius 3 is 2.50 bits per heavy atom. The van der Waals surface area contributed by atoms with E-state index in [0.717, 1.165) is 12.1 Å². The Kier molecular flexibility index (Phi) is 5.85. The maximum atomic E-state index is 13.5. The highest BCUT2D eigenvalue weighted by Gasteiger charge is 2.37. The number of aliphatic hydroxyl groups excluding tert-OH is 1. The van der Waals surface area contributed by atoms with Crippen LogP contribution in [0.25, 0.3) is 0 Å². The van der Waals surface area contributed by atoms with Crippen LogP contribution in [0.2, 0.25) is 0 Å². The number of hydrogen-bond acceptors (Lipinski definition) is 3. The first kappa shape index (κ1) is 20.5. The molecule has 1 aliphatic heterocycles. The van der Waals surface area contributed by atoms with E-state index in [1.807, 2.05) is 0 Å². The van der Waals surface area contributed by atoms with E-state index in [2.05, 4.69) is 0 Å². The van der Waals surface area contributed by atoms with E-state index in [1.54, 1.807) is 20.8 Å². The van der Waals surface area contributed by atoms with E-state index in [4.69, 9.17) is 4.74 Å². The van der Waals surface area contributed by atoms with Gasteiger partial charge in [-0.15, -0.1) is 0 Å². The molecular weight excluding hydrogens is 354 g/mol. The first-order chi connectivity index (χ1) is 11.9. The van der Waals surface area contributed by atoms with E-state index >= 15 is 0 Å². The summed E-state index contributed by atoms with van der Waals surface area (Å²) in [5.41, 5.74) is -1.68. The Morgan fingerprint density at radius 2 is 1.96 bits per heavy atom. The van der Waals surface area contributed by atoms with Gasteiger partial charge in [-0.1, -0.05) is 6.07 Å². The number of aliphatic hydroxyl groups is 1. The second kappa shape index (κ2) is 7.42. The van der Waals surface area contributed by atoms with Crippen LogP contribution in [0.3, 0.4) is 0 Å². The zero-order valence-corrected chi connectivity index (χ0v) is 14.9. The molecular formula is C18H23F4NO3. The fourth-order valence-electron chi connectivity index (χ4n) is 3.14. The van der Waals surface area contributed by atoms with E-state index in [0.29, 0.717) is 12.0 Å². The number of benzene rings is 1. The van der Waals surface area contributed by atoms with Crippen LogP contribution in [0.4, 0.5) is 22.4 Å². The number of piperidine rings is 1. The highest BCUT2D eigenvalue weighted by atomic mass is 19.4. The fraction of sp³-hybridized carbons (Fsp3) is 0.611. The second-order valence-corrected chi connectivity index (χ2v) is 7.50. The van der Waals surface area contributed by atoms with Gasteiger partial charge in [0.15, 0.2) is 0 Å². The lowest BCUT2D eigenvalue weighted by Gasteiger charge is -2.38. The Labute approximate surface area is 149 Å². The molecule has 0 spiro atoms. The normalized spacial score (nSPS) is 21.6. The van der Waals surface area contributed by atoms with Gasteiger partial charge in [0.2, 0.25) is 0 Å². The molecule has 0 aromatic heterocycles. The molecule has 1 amide bonds. The van der Waals surface area contributed by atoms with Crippen LogP contribution in [-0.4, -0.2) is 41.4 Å². The maximum Gasteiger partial charge on any atom is 0.419 e. The maximum absolute atomic E-state index is 13.5. The van der Waals surface area contributed by atoms with Crippen LogP contribution in [-0.2, 0) is 10.9 Å². The molecule has 0 radical (unpaired) electrons. The van der Waals surface area contributed by atoms with Crippen LogP contribution >= 0.6 is 0 Å². The molecule has 0 aliphatic carbocycles. The van der Waals surface area contributed by atoms with E-state index in [-0.39, 0.29) is 19.7 Å². The molecule has 2 rings (SSSR count). The molecule has 4 nitrogen and oxygen atoms in total. The monoisotopic (exact) mass is 377 g/mol. The van der Waals surface area contributed by atoms with Crippen molar-refractivity contribution in [1.82, 2.24) is 4.90 Å². The fourth-order valence-corrected chi connectivity index (χ4v) is 3.14. The Bertz CT molecular complexity index is 655. The van der Waals surface area contributed by atoms with Gasteiger partial charge < -0.3 is 14.7 Å². The van der Waals surface area contributed by atoms with Gasteiger partial charge in [-0.3, -0.25) is 0 Å². The van der Waals surface area contributed by atoms with Crippen molar-refractivity contribution < 1.29 is 32.2 Å². The summed E-state index contributed by atoms with van der Waals surface area (Å²) in [6.07, 6.45) is -4.95. The third-order valence-electron chi connectivity index (χ3n) is 4.34. The van der Waals surface area contributed by atoms with Crippen molar-refractivity contribution >= 4 is 6.09 Å². The number of nitrogens with zero attached hydrogens (tertiary/aromatic N) is 1. The van der Waals surface area contributed by atoms with Gasteiger partial charge in [0.1, 0.15) is 11.4 Å². The first-order valence-electron chi connectivity index (χ1n) is 8.38. The van der Waals surface area contributed by atoms with Crippen molar-refractivity contribution in [3.05, 3.63) is 35.1 Å². The lowest BCUT2D eigenvalue weighted by atomic mass is 9.80. The topological polar surface area (TPSA) is 49.8 Å². The Morgan fingerprint density at radius 1 is 1.31 bits per heavy atom. The summed E-state index contributed by atoms with van der Waals surface area (Å²) in [6, 6.07) is 2.90. The van der Waals surface area contributed by atoms with Crippen molar-refractivity contribution in [3.63, 3.8) is 0 Å². The lowest BCUT2D eigenvalue weighted by molar-refractivity contribution is -0.140. The number of amides is 1. The van der Waals surface area contributed by atoms with E-state index in [1.165, 1.54) is 11.0 Å². The molecule has 1 saturated heterocycles. The number of rotatable bonds is 2. The molecule has 26 heavy (non-hydrogen) atoms. The molecule has 2 unspecified atom stereocenters. The van der Waals surface area contributed by atoms with Gasteiger partial charge in [-0.2, -0.15) is 13.2 Å². The largest absolute Gasteiger partial charge is 0.444 e. The van der Waals surface area contributed by atoms with Crippen molar-refractivity contribution in [2.75, 3.05) is 19.7 Å². The minimum absolute atomic E-state index is 0.162. The van der Waals surface area contributed by atoms with Gasteiger partial charge in [0.25, 0.3) is 0 Å². The smallest absolute Gasteiger partial charge is 0.419 e. The van der Waals surface area contributed by atoms with Crippen molar-refractivity contribution in [2.45, 2.75) is 44.9 Å². The summed E-state index contributed by atoms with van der Waals surface area (Å²) >= 11 is 0. The Balaban J connectivity index is 2.19. The summed E-state index contributed by atoms with van der Waals surface area (Å²) in [4.78, 5) is 13.6. The average molecular weight is 377 g/mol. The van der Waals surface area contributed by atoms with Gasteiger partial charge in [-0.05, 0) is 50.8 Å². The molecule has 1 N–H and O–H groups in total.